The van der Waals surface area contributed by atoms with Gasteiger partial charge in [0.15, 0.2) is 0 Å². The molecule has 4 rings (SSSR count). The number of aromatic nitrogens is 2. The molecule has 0 atom stereocenters. The van der Waals surface area contributed by atoms with Crippen LogP contribution in [0.2, 0.25) is 0 Å². The van der Waals surface area contributed by atoms with E-state index in [1.165, 1.54) is 6.07 Å². The van der Waals surface area contributed by atoms with Gasteiger partial charge in [-0.15, -0.1) is 0 Å². The van der Waals surface area contributed by atoms with Crippen LogP contribution in [0.4, 0.5) is 5.69 Å². The van der Waals surface area contributed by atoms with Crippen LogP contribution >= 0.6 is 11.7 Å². The van der Waals surface area contributed by atoms with E-state index >= 15 is 0 Å². The van der Waals surface area contributed by atoms with E-state index in [-0.39, 0.29) is 17.2 Å². The zero-order valence-corrected chi connectivity index (χ0v) is 15.9. The van der Waals surface area contributed by atoms with E-state index in [1.807, 2.05) is 36.4 Å². The topological polar surface area (TPSA) is 92.2 Å². The number of anilines is 1. The number of carboxylic acids is 1. The van der Waals surface area contributed by atoms with Crippen molar-refractivity contribution < 1.29 is 14.7 Å². The molecule has 0 fully saturated rings. The van der Waals surface area contributed by atoms with Crippen LogP contribution in [0.15, 0.2) is 66.7 Å². The zero-order chi connectivity index (χ0) is 20.2. The van der Waals surface area contributed by atoms with E-state index in [9.17, 15) is 14.7 Å². The van der Waals surface area contributed by atoms with Crippen molar-refractivity contribution in [1.82, 2.24) is 8.75 Å². The standard InChI is InChI=1S/C22H15N3O3S/c26-21(16-5-2-1-3-6-16)23-19-13-14(10-12-17(19)22(27)28)9-11-15-7-4-8-18-20(15)25-29-24-18/h1-13H,(H,23,26)(H,27,28)/b11-9+. The van der Waals surface area contributed by atoms with Gasteiger partial charge in [0.05, 0.1) is 23.0 Å². The van der Waals surface area contributed by atoms with Crippen molar-refractivity contribution in [2.45, 2.75) is 0 Å². The van der Waals surface area contributed by atoms with Crippen molar-refractivity contribution >= 4 is 52.5 Å². The Hall–Kier alpha value is -3.84. The second-order valence-corrected chi connectivity index (χ2v) is 6.77. The summed E-state index contributed by atoms with van der Waals surface area (Å²) in [6.45, 7) is 0. The van der Waals surface area contributed by atoms with Gasteiger partial charge in [0, 0.05) is 11.1 Å². The van der Waals surface area contributed by atoms with Gasteiger partial charge in [0.25, 0.3) is 5.91 Å². The van der Waals surface area contributed by atoms with Crippen molar-refractivity contribution in [2.75, 3.05) is 5.32 Å². The molecule has 0 spiro atoms. The lowest BCUT2D eigenvalue weighted by Gasteiger charge is -2.10. The van der Waals surface area contributed by atoms with Crippen molar-refractivity contribution in [3.63, 3.8) is 0 Å². The first-order valence-corrected chi connectivity index (χ1v) is 9.48. The van der Waals surface area contributed by atoms with Gasteiger partial charge in [0.2, 0.25) is 0 Å². The summed E-state index contributed by atoms with van der Waals surface area (Å²) in [6.07, 6.45) is 3.74. The van der Waals surface area contributed by atoms with Gasteiger partial charge in [0.1, 0.15) is 11.0 Å². The summed E-state index contributed by atoms with van der Waals surface area (Å²) >= 11 is 1.15. The molecule has 2 N–H and O–H groups in total. The molecule has 0 saturated heterocycles. The van der Waals surface area contributed by atoms with Crippen LogP contribution in [0.25, 0.3) is 23.2 Å². The smallest absolute Gasteiger partial charge is 0.337 e. The van der Waals surface area contributed by atoms with Gasteiger partial charge in [-0.3, -0.25) is 4.79 Å². The first-order chi connectivity index (χ1) is 14.1. The molecule has 142 valence electrons. The van der Waals surface area contributed by atoms with Crippen LogP contribution < -0.4 is 5.32 Å². The highest BCUT2D eigenvalue weighted by Gasteiger charge is 2.14. The van der Waals surface area contributed by atoms with Crippen LogP contribution in [0, 0.1) is 0 Å². The summed E-state index contributed by atoms with van der Waals surface area (Å²) in [5.74, 6) is -1.48. The zero-order valence-electron chi connectivity index (χ0n) is 15.1. The molecule has 29 heavy (non-hydrogen) atoms. The van der Waals surface area contributed by atoms with Crippen molar-refractivity contribution in [3.8, 4) is 0 Å². The number of carbonyl (C=O) groups is 2. The highest BCUT2D eigenvalue weighted by molar-refractivity contribution is 7.00. The second-order valence-electron chi connectivity index (χ2n) is 6.24. The Bertz CT molecular complexity index is 1230. The molecule has 0 aliphatic carbocycles. The molecule has 1 aromatic heterocycles. The predicted molar refractivity (Wildman–Crippen MR) is 114 cm³/mol. The lowest BCUT2D eigenvalue weighted by atomic mass is 10.1. The molecule has 7 heteroatoms. The lowest BCUT2D eigenvalue weighted by molar-refractivity contribution is 0.0698. The van der Waals surface area contributed by atoms with Crippen LogP contribution in [-0.2, 0) is 0 Å². The first kappa shape index (κ1) is 18.5. The van der Waals surface area contributed by atoms with Gasteiger partial charge in [-0.25, -0.2) is 4.79 Å². The molecule has 0 aliphatic rings. The number of carbonyl (C=O) groups excluding carboxylic acids is 1. The summed E-state index contributed by atoms with van der Waals surface area (Å²) in [6, 6.07) is 19.2. The summed E-state index contributed by atoms with van der Waals surface area (Å²) < 4.78 is 8.53. The SMILES string of the molecule is O=C(Nc1cc(/C=C/c2cccc3nsnc23)ccc1C(=O)O)c1ccccc1. The van der Waals surface area contributed by atoms with Crippen molar-refractivity contribution in [3.05, 3.63) is 89.0 Å². The van der Waals surface area contributed by atoms with Crippen LogP contribution in [-0.4, -0.2) is 25.7 Å². The minimum Gasteiger partial charge on any atom is -0.478 e. The number of nitrogens with zero attached hydrogens (tertiary/aromatic N) is 2. The Labute approximate surface area is 170 Å². The third kappa shape index (κ3) is 4.04. The Morgan fingerprint density at radius 2 is 1.76 bits per heavy atom. The third-order valence-electron chi connectivity index (χ3n) is 4.33. The molecule has 3 aromatic carbocycles. The van der Waals surface area contributed by atoms with E-state index in [2.05, 4.69) is 14.1 Å². The van der Waals surface area contributed by atoms with Gasteiger partial charge < -0.3 is 10.4 Å². The molecule has 4 aromatic rings. The number of carboxylic acid groups (broad SMARTS) is 1. The van der Waals surface area contributed by atoms with Gasteiger partial charge in [-0.05, 0) is 35.9 Å². The number of hydrogen-bond donors (Lipinski definition) is 2. The molecular formula is C22H15N3O3S. The van der Waals surface area contributed by atoms with Crippen molar-refractivity contribution in [1.29, 1.82) is 0 Å². The number of nitrogens with one attached hydrogen (secondary N) is 1. The van der Waals surface area contributed by atoms with Gasteiger partial charge in [-0.1, -0.05) is 48.6 Å². The molecular weight excluding hydrogens is 386 g/mol. The number of amides is 1. The highest BCUT2D eigenvalue weighted by atomic mass is 32.1. The fourth-order valence-electron chi connectivity index (χ4n) is 2.89. The largest absolute Gasteiger partial charge is 0.478 e. The number of hydrogen-bond acceptors (Lipinski definition) is 5. The molecule has 6 nitrogen and oxygen atoms in total. The Kier molecular flexibility index (Phi) is 5.13. The maximum Gasteiger partial charge on any atom is 0.337 e. The Balaban J connectivity index is 1.65. The molecule has 1 amide bonds. The predicted octanol–water partition coefficient (Wildman–Crippen LogP) is 4.81. The van der Waals surface area contributed by atoms with E-state index in [1.54, 1.807) is 36.4 Å². The number of rotatable bonds is 5. The molecule has 0 radical (unpaired) electrons. The molecule has 0 aliphatic heterocycles. The number of benzene rings is 3. The summed E-state index contributed by atoms with van der Waals surface area (Å²) in [5, 5.41) is 12.2. The van der Waals surface area contributed by atoms with Gasteiger partial charge in [-0.2, -0.15) is 8.75 Å². The van der Waals surface area contributed by atoms with E-state index in [0.29, 0.717) is 5.56 Å². The van der Waals surface area contributed by atoms with E-state index < -0.39 is 5.97 Å². The van der Waals surface area contributed by atoms with Crippen LogP contribution in [0.3, 0.4) is 0 Å². The Morgan fingerprint density at radius 3 is 2.55 bits per heavy atom. The fraction of sp³-hybridized carbons (Fsp3) is 0. The maximum atomic E-state index is 12.5. The first-order valence-electron chi connectivity index (χ1n) is 8.75. The number of aromatic carboxylic acids is 1. The quantitative estimate of drug-likeness (QED) is 0.468. The summed E-state index contributed by atoms with van der Waals surface area (Å²) in [5.41, 5.74) is 4.02. The number of fused-ring (bicyclic) bond motifs is 1. The molecule has 0 saturated carbocycles. The second kappa shape index (κ2) is 8.04. The molecule has 1 heterocycles. The van der Waals surface area contributed by atoms with Gasteiger partial charge >= 0.3 is 5.97 Å². The average molecular weight is 401 g/mol. The van der Waals surface area contributed by atoms with E-state index in [4.69, 9.17) is 0 Å². The van der Waals surface area contributed by atoms with Crippen LogP contribution in [0.5, 0.6) is 0 Å². The lowest BCUT2D eigenvalue weighted by Crippen LogP contribution is -2.14. The third-order valence-corrected chi connectivity index (χ3v) is 4.87. The highest BCUT2D eigenvalue weighted by Crippen LogP contribution is 2.23. The minimum absolute atomic E-state index is 0.0252. The fourth-order valence-corrected chi connectivity index (χ4v) is 3.44. The summed E-state index contributed by atoms with van der Waals surface area (Å²) in [7, 11) is 0. The monoisotopic (exact) mass is 401 g/mol. The Morgan fingerprint density at radius 1 is 0.931 bits per heavy atom. The normalized spacial score (nSPS) is 11.0. The van der Waals surface area contributed by atoms with Crippen LogP contribution in [0.1, 0.15) is 31.8 Å². The van der Waals surface area contributed by atoms with E-state index in [0.717, 1.165) is 33.9 Å². The average Bonchev–Trinajstić information content (AvgIpc) is 3.22. The molecule has 0 unspecified atom stereocenters. The minimum atomic E-state index is -1.11. The summed E-state index contributed by atoms with van der Waals surface area (Å²) in [4.78, 5) is 24.0. The van der Waals surface area contributed by atoms with Crippen molar-refractivity contribution in [2.24, 2.45) is 0 Å². The maximum absolute atomic E-state index is 12.5. The molecule has 0 bridgehead atoms.